The fourth-order valence-corrected chi connectivity index (χ4v) is 4.73. The van der Waals surface area contributed by atoms with E-state index in [1.54, 1.807) is 28.3 Å². The van der Waals surface area contributed by atoms with Gasteiger partial charge in [-0.1, -0.05) is 6.07 Å². The summed E-state index contributed by atoms with van der Waals surface area (Å²) >= 11 is 8.42. The number of nitrogens with zero attached hydrogens (tertiary/aromatic N) is 4. The topological polar surface area (TPSA) is 88.5 Å². The van der Waals surface area contributed by atoms with E-state index in [0.717, 1.165) is 21.1 Å². The summed E-state index contributed by atoms with van der Waals surface area (Å²) in [5.74, 6) is 0.513. The molecule has 4 aromatic rings. The highest BCUT2D eigenvalue weighted by molar-refractivity contribution is 7.71. The first-order valence-electron chi connectivity index (χ1n) is 8.91. The van der Waals surface area contributed by atoms with E-state index < -0.39 is 6.04 Å². The Balaban J connectivity index is 1.51. The van der Waals surface area contributed by atoms with Crippen molar-refractivity contribution in [2.24, 2.45) is 0 Å². The van der Waals surface area contributed by atoms with Crippen LogP contribution in [0.3, 0.4) is 0 Å². The standard InChI is InChI=1S/C19H18N6OS3/c1-11(18-22-14(10-29-18)13-5-3-7-20-9-13)21-17(26)12(2)25-16(23-24-19(25)27)15-6-4-8-28-15/h3-12H,1-2H3,(H,21,26)(H,24,27). The molecule has 4 rings (SSSR count). The molecule has 4 aromatic heterocycles. The molecule has 0 radical (unpaired) electrons. The summed E-state index contributed by atoms with van der Waals surface area (Å²) in [6, 6.07) is 6.99. The molecule has 0 saturated heterocycles. The molecule has 2 N–H and O–H groups in total. The van der Waals surface area contributed by atoms with Crippen molar-refractivity contribution < 1.29 is 4.79 Å². The highest BCUT2D eigenvalue weighted by Crippen LogP contribution is 2.27. The molecule has 0 saturated carbocycles. The van der Waals surface area contributed by atoms with Gasteiger partial charge in [-0.3, -0.25) is 19.4 Å². The summed E-state index contributed by atoms with van der Waals surface area (Å²) in [5.41, 5.74) is 1.80. The molecule has 29 heavy (non-hydrogen) atoms. The van der Waals surface area contributed by atoms with Gasteiger partial charge < -0.3 is 5.32 Å². The zero-order valence-corrected chi connectivity index (χ0v) is 18.1. The second-order valence-corrected chi connectivity index (χ2v) is 8.64. The number of amides is 1. The lowest BCUT2D eigenvalue weighted by atomic mass is 10.2. The summed E-state index contributed by atoms with van der Waals surface area (Å²) in [6.45, 7) is 3.73. The molecule has 0 aliphatic carbocycles. The van der Waals surface area contributed by atoms with Crippen LogP contribution in [0, 0.1) is 4.77 Å². The molecular weight excluding hydrogens is 424 g/mol. The van der Waals surface area contributed by atoms with Gasteiger partial charge in [0.25, 0.3) is 0 Å². The Morgan fingerprint density at radius 1 is 1.28 bits per heavy atom. The van der Waals surface area contributed by atoms with E-state index in [1.165, 1.54) is 11.3 Å². The Kier molecular flexibility index (Phi) is 5.65. The second-order valence-electron chi connectivity index (χ2n) is 6.42. The van der Waals surface area contributed by atoms with Crippen LogP contribution < -0.4 is 5.32 Å². The van der Waals surface area contributed by atoms with Crippen LogP contribution >= 0.6 is 34.9 Å². The molecule has 10 heteroatoms. The van der Waals surface area contributed by atoms with Crippen LogP contribution in [0.5, 0.6) is 0 Å². The third-order valence-electron chi connectivity index (χ3n) is 4.42. The Labute approximate surface area is 180 Å². The summed E-state index contributed by atoms with van der Waals surface area (Å²) in [5, 5.41) is 14.9. The molecule has 0 aliphatic heterocycles. The number of thiophene rings is 1. The van der Waals surface area contributed by atoms with Crippen LogP contribution in [0.4, 0.5) is 0 Å². The van der Waals surface area contributed by atoms with Crippen molar-refractivity contribution in [3.05, 3.63) is 57.2 Å². The Bertz CT molecular complexity index is 1160. The van der Waals surface area contributed by atoms with Gasteiger partial charge in [-0.15, -0.1) is 22.7 Å². The Morgan fingerprint density at radius 3 is 2.86 bits per heavy atom. The molecule has 1 amide bonds. The van der Waals surface area contributed by atoms with Gasteiger partial charge in [0, 0.05) is 23.3 Å². The summed E-state index contributed by atoms with van der Waals surface area (Å²) in [7, 11) is 0. The molecule has 0 aliphatic rings. The predicted molar refractivity (Wildman–Crippen MR) is 117 cm³/mol. The Hall–Kier alpha value is -2.69. The first-order valence-corrected chi connectivity index (χ1v) is 11.1. The van der Waals surface area contributed by atoms with Crippen molar-refractivity contribution in [2.75, 3.05) is 0 Å². The first kappa shape index (κ1) is 19.6. The number of carbonyl (C=O) groups is 1. The largest absolute Gasteiger partial charge is 0.345 e. The normalized spacial score (nSPS) is 13.2. The maximum Gasteiger partial charge on any atom is 0.243 e. The number of aromatic nitrogens is 5. The minimum Gasteiger partial charge on any atom is -0.345 e. The molecule has 4 heterocycles. The van der Waals surface area contributed by atoms with Crippen LogP contribution in [0.15, 0.2) is 47.4 Å². The maximum absolute atomic E-state index is 12.9. The van der Waals surface area contributed by atoms with Gasteiger partial charge in [-0.25, -0.2) is 4.98 Å². The third kappa shape index (κ3) is 4.04. The lowest BCUT2D eigenvalue weighted by molar-refractivity contribution is -0.124. The molecule has 0 spiro atoms. The van der Waals surface area contributed by atoms with Crippen molar-refractivity contribution in [3.8, 4) is 22.0 Å². The van der Waals surface area contributed by atoms with Gasteiger partial charge in [-0.05, 0) is 49.6 Å². The highest BCUT2D eigenvalue weighted by Gasteiger charge is 2.23. The molecule has 7 nitrogen and oxygen atoms in total. The number of thiazole rings is 1. The first-order chi connectivity index (χ1) is 14.0. The number of H-pyrrole nitrogens is 1. The zero-order chi connectivity index (χ0) is 20.4. The summed E-state index contributed by atoms with van der Waals surface area (Å²) in [6.07, 6.45) is 3.50. The average molecular weight is 443 g/mol. The lowest BCUT2D eigenvalue weighted by Crippen LogP contribution is -2.33. The molecule has 148 valence electrons. The number of pyridine rings is 1. The van der Waals surface area contributed by atoms with Crippen molar-refractivity contribution in [1.29, 1.82) is 0 Å². The molecule has 2 atom stereocenters. The lowest BCUT2D eigenvalue weighted by Gasteiger charge is -2.18. The smallest absolute Gasteiger partial charge is 0.243 e. The van der Waals surface area contributed by atoms with E-state index in [0.29, 0.717) is 10.6 Å². The van der Waals surface area contributed by atoms with Crippen LogP contribution in [0.25, 0.3) is 22.0 Å². The van der Waals surface area contributed by atoms with Gasteiger partial charge in [0.1, 0.15) is 11.0 Å². The SMILES string of the molecule is CC(NC(=O)C(C)n1c(-c2cccs2)n[nH]c1=S)c1nc(-c2cccnc2)cs1. The minimum absolute atomic E-state index is 0.147. The second kappa shape index (κ2) is 8.36. The number of hydrogen-bond acceptors (Lipinski definition) is 7. The average Bonchev–Trinajstić information content (AvgIpc) is 3.48. The maximum atomic E-state index is 12.9. The van der Waals surface area contributed by atoms with Gasteiger partial charge in [0.15, 0.2) is 10.6 Å². The van der Waals surface area contributed by atoms with Crippen molar-refractivity contribution in [3.63, 3.8) is 0 Å². The Morgan fingerprint density at radius 2 is 2.14 bits per heavy atom. The quantitative estimate of drug-likeness (QED) is 0.425. The molecule has 0 bridgehead atoms. The third-order valence-corrected chi connectivity index (χ3v) is 6.60. The number of rotatable bonds is 6. The van der Waals surface area contributed by atoms with E-state index in [4.69, 9.17) is 12.2 Å². The van der Waals surface area contributed by atoms with Gasteiger partial charge >= 0.3 is 0 Å². The highest BCUT2D eigenvalue weighted by atomic mass is 32.1. The number of carbonyl (C=O) groups excluding carboxylic acids is 1. The van der Waals surface area contributed by atoms with E-state index in [9.17, 15) is 4.79 Å². The van der Waals surface area contributed by atoms with Crippen molar-refractivity contribution in [1.82, 2.24) is 30.0 Å². The zero-order valence-electron chi connectivity index (χ0n) is 15.7. The van der Waals surface area contributed by atoms with Gasteiger partial charge in [0.05, 0.1) is 16.6 Å². The van der Waals surface area contributed by atoms with Gasteiger partial charge in [-0.2, -0.15) is 5.10 Å². The summed E-state index contributed by atoms with van der Waals surface area (Å²) in [4.78, 5) is 22.7. The van der Waals surface area contributed by atoms with Crippen LogP contribution in [-0.2, 0) is 4.79 Å². The van der Waals surface area contributed by atoms with E-state index in [2.05, 4.69) is 25.5 Å². The fourth-order valence-electron chi connectivity index (χ4n) is 2.89. The van der Waals surface area contributed by atoms with Crippen LogP contribution in [-0.4, -0.2) is 30.6 Å². The number of aromatic amines is 1. The molecule has 2 unspecified atom stereocenters. The minimum atomic E-state index is -0.515. The molecular formula is C19H18N6OS3. The number of nitrogens with one attached hydrogen (secondary N) is 2. The van der Waals surface area contributed by atoms with Crippen molar-refractivity contribution in [2.45, 2.75) is 25.9 Å². The molecule has 0 fully saturated rings. The predicted octanol–water partition coefficient (Wildman–Crippen LogP) is 4.63. The monoisotopic (exact) mass is 442 g/mol. The fraction of sp³-hybridized carbons (Fsp3) is 0.211. The van der Waals surface area contributed by atoms with E-state index >= 15 is 0 Å². The van der Waals surface area contributed by atoms with Gasteiger partial charge in [0.2, 0.25) is 5.91 Å². The summed E-state index contributed by atoms with van der Waals surface area (Å²) < 4.78 is 2.16. The number of hydrogen-bond donors (Lipinski definition) is 2. The van der Waals surface area contributed by atoms with Crippen molar-refractivity contribution >= 4 is 40.8 Å². The molecule has 0 aromatic carbocycles. The van der Waals surface area contributed by atoms with E-state index in [-0.39, 0.29) is 11.9 Å². The van der Waals surface area contributed by atoms with Crippen LogP contribution in [0.1, 0.15) is 30.9 Å². The van der Waals surface area contributed by atoms with Crippen LogP contribution in [0.2, 0.25) is 0 Å². The van der Waals surface area contributed by atoms with E-state index in [1.807, 2.05) is 48.9 Å².